The summed E-state index contributed by atoms with van der Waals surface area (Å²) in [6, 6.07) is 5.55. The number of fused-ring (bicyclic) bond motifs is 1. The Hall–Kier alpha value is -2.50. The molecule has 0 saturated carbocycles. The Morgan fingerprint density at radius 3 is 2.11 bits per heavy atom. The normalized spacial score (nSPS) is 22.5. The Balaban J connectivity index is 1.96. The van der Waals surface area contributed by atoms with Gasteiger partial charge in [-0.15, -0.1) is 0 Å². The minimum atomic E-state index is -0.898. The molecule has 4 amide bonds. The summed E-state index contributed by atoms with van der Waals surface area (Å²) >= 11 is 0. The lowest BCUT2D eigenvalue weighted by Crippen LogP contribution is -2.54. The molecule has 0 spiro atoms. The van der Waals surface area contributed by atoms with Crippen LogP contribution in [0.5, 0.6) is 0 Å². The van der Waals surface area contributed by atoms with Gasteiger partial charge in [0.25, 0.3) is 11.8 Å². The average Bonchev–Trinajstić information content (AvgIpc) is 2.64. The van der Waals surface area contributed by atoms with Gasteiger partial charge in [0.1, 0.15) is 6.04 Å². The molecular formula is C13H10N2O4. The molecule has 1 saturated heterocycles. The fourth-order valence-corrected chi connectivity index (χ4v) is 2.42. The summed E-state index contributed by atoms with van der Waals surface area (Å²) in [4.78, 5) is 48.1. The van der Waals surface area contributed by atoms with Crippen molar-refractivity contribution in [2.75, 3.05) is 0 Å². The van der Waals surface area contributed by atoms with Crippen LogP contribution in [0.15, 0.2) is 24.3 Å². The van der Waals surface area contributed by atoms with Crippen molar-refractivity contribution in [2.24, 2.45) is 0 Å². The molecule has 2 heterocycles. The molecule has 2 aliphatic heterocycles. The maximum absolute atomic E-state index is 12.2. The van der Waals surface area contributed by atoms with Crippen LogP contribution in [-0.2, 0) is 9.59 Å². The minimum absolute atomic E-state index is 0.129. The van der Waals surface area contributed by atoms with E-state index < -0.39 is 23.8 Å². The number of piperidine rings is 1. The standard InChI is InChI=1S/C13H10N2O4/c16-10-6-5-9(11(17)14-10)15-12(18)7-3-1-2-4-8(7)13(15)19/h1-4,9H,5-6H2,(H,14,16,17)/i6+1,9+1,10+1,11+1. The van der Waals surface area contributed by atoms with Crippen LogP contribution < -0.4 is 5.32 Å². The molecule has 96 valence electrons. The summed E-state index contributed by atoms with van der Waals surface area (Å²) in [5, 5.41) is 2.15. The zero-order chi connectivity index (χ0) is 13.6. The fourth-order valence-electron chi connectivity index (χ4n) is 2.42. The van der Waals surface area contributed by atoms with Crippen LogP contribution >= 0.6 is 0 Å². The predicted octanol–water partition coefficient (Wildman–Crippen LogP) is 0.0878. The van der Waals surface area contributed by atoms with E-state index in [-0.39, 0.29) is 18.7 Å². The van der Waals surface area contributed by atoms with E-state index in [2.05, 4.69) is 5.32 Å². The third-order valence-corrected chi connectivity index (χ3v) is 3.35. The van der Waals surface area contributed by atoms with Crippen LogP contribution in [0.2, 0.25) is 0 Å². The first-order valence-electron chi connectivity index (χ1n) is 5.90. The molecule has 3 rings (SSSR count). The number of amides is 4. The van der Waals surface area contributed by atoms with Gasteiger partial charge in [-0.1, -0.05) is 12.1 Å². The van der Waals surface area contributed by atoms with E-state index in [1.165, 1.54) is 0 Å². The molecule has 6 heteroatoms. The molecule has 0 bridgehead atoms. The van der Waals surface area contributed by atoms with E-state index in [4.69, 9.17) is 0 Å². The summed E-state index contributed by atoms with van der Waals surface area (Å²) < 4.78 is 0. The van der Waals surface area contributed by atoms with Gasteiger partial charge in [0.2, 0.25) is 11.8 Å². The van der Waals surface area contributed by atoms with Gasteiger partial charge in [-0.3, -0.25) is 29.4 Å². The topological polar surface area (TPSA) is 83.6 Å². The van der Waals surface area contributed by atoms with Crippen molar-refractivity contribution in [1.82, 2.24) is 10.2 Å². The van der Waals surface area contributed by atoms with Gasteiger partial charge in [-0.05, 0) is 18.6 Å². The van der Waals surface area contributed by atoms with Crippen molar-refractivity contribution in [2.45, 2.75) is 18.9 Å². The Morgan fingerprint density at radius 1 is 1.00 bits per heavy atom. The Kier molecular flexibility index (Phi) is 2.45. The number of carbonyl (C=O) groups excluding carboxylic acids is 4. The van der Waals surface area contributed by atoms with E-state index >= 15 is 0 Å². The van der Waals surface area contributed by atoms with E-state index in [0.29, 0.717) is 11.1 Å². The molecule has 0 aliphatic carbocycles. The van der Waals surface area contributed by atoms with Crippen molar-refractivity contribution >= 4 is 23.6 Å². The predicted molar refractivity (Wildman–Crippen MR) is 63.1 cm³/mol. The van der Waals surface area contributed by atoms with Gasteiger partial charge >= 0.3 is 0 Å². The molecule has 1 unspecified atom stereocenters. The number of benzene rings is 1. The molecule has 0 aromatic heterocycles. The Bertz CT molecular complexity index is 588. The molecule has 1 aromatic carbocycles. The molecule has 2 aliphatic rings. The van der Waals surface area contributed by atoms with Crippen LogP contribution in [-0.4, -0.2) is 34.6 Å². The van der Waals surface area contributed by atoms with Crippen LogP contribution in [0.4, 0.5) is 0 Å². The molecule has 19 heavy (non-hydrogen) atoms. The lowest BCUT2D eigenvalue weighted by atomic mass is 10.1. The third kappa shape index (κ3) is 1.64. The second-order valence-corrected chi connectivity index (χ2v) is 4.49. The van der Waals surface area contributed by atoms with Crippen molar-refractivity contribution in [3.05, 3.63) is 35.4 Å². The SMILES string of the molecule is O=C1c2ccccc2C(=O)N1[13CH]1C[13CH2][13C](=O)N[13C]1=O. The number of hydrogen-bond donors (Lipinski definition) is 1. The minimum Gasteiger partial charge on any atom is -0.295 e. The second kappa shape index (κ2) is 4.01. The quantitative estimate of drug-likeness (QED) is 0.574. The fraction of sp³-hybridized carbons (Fsp3) is 0.231. The molecular weight excluding hydrogens is 252 g/mol. The molecule has 0 radical (unpaired) electrons. The van der Waals surface area contributed by atoms with Crippen molar-refractivity contribution in [3.63, 3.8) is 0 Å². The van der Waals surface area contributed by atoms with Crippen LogP contribution in [0, 0.1) is 0 Å². The van der Waals surface area contributed by atoms with E-state index in [1.807, 2.05) is 0 Å². The maximum Gasteiger partial charge on any atom is 0.262 e. The van der Waals surface area contributed by atoms with Gasteiger partial charge in [0.15, 0.2) is 0 Å². The average molecular weight is 262 g/mol. The van der Waals surface area contributed by atoms with Crippen LogP contribution in [0.25, 0.3) is 0 Å². The molecule has 6 nitrogen and oxygen atoms in total. The Labute approximate surface area is 108 Å². The lowest BCUT2D eigenvalue weighted by Gasteiger charge is -2.27. The Morgan fingerprint density at radius 2 is 1.58 bits per heavy atom. The maximum atomic E-state index is 12.2. The zero-order valence-corrected chi connectivity index (χ0v) is 9.88. The smallest absolute Gasteiger partial charge is 0.262 e. The number of imide groups is 2. The monoisotopic (exact) mass is 262 g/mol. The van der Waals surface area contributed by atoms with Gasteiger partial charge in [-0.2, -0.15) is 0 Å². The highest BCUT2D eigenvalue weighted by molar-refractivity contribution is 6.23. The summed E-state index contributed by atoms with van der Waals surface area (Å²) in [5.41, 5.74) is 0.606. The highest BCUT2D eigenvalue weighted by Gasteiger charge is 2.44. The lowest BCUT2D eigenvalue weighted by molar-refractivity contribution is -0.136. The van der Waals surface area contributed by atoms with Gasteiger partial charge in [-0.25, -0.2) is 0 Å². The largest absolute Gasteiger partial charge is 0.295 e. The summed E-state index contributed by atoms with van der Waals surface area (Å²) in [6.45, 7) is 0. The van der Waals surface area contributed by atoms with E-state index in [9.17, 15) is 19.2 Å². The van der Waals surface area contributed by atoms with Crippen molar-refractivity contribution in [3.8, 4) is 0 Å². The molecule has 1 atom stereocenters. The second-order valence-electron chi connectivity index (χ2n) is 4.49. The molecule has 1 fully saturated rings. The van der Waals surface area contributed by atoms with Gasteiger partial charge in [0, 0.05) is 6.42 Å². The number of nitrogens with zero attached hydrogens (tertiary/aromatic N) is 1. The summed E-state index contributed by atoms with van der Waals surface area (Å²) in [6.07, 6.45) is 0.306. The van der Waals surface area contributed by atoms with E-state index in [0.717, 1.165) is 4.90 Å². The van der Waals surface area contributed by atoms with Crippen molar-refractivity contribution in [1.29, 1.82) is 0 Å². The number of rotatable bonds is 1. The number of hydrogen-bond acceptors (Lipinski definition) is 4. The van der Waals surface area contributed by atoms with Gasteiger partial charge in [0.05, 0.1) is 11.1 Å². The molecule has 1 N–H and O–H groups in total. The van der Waals surface area contributed by atoms with Crippen molar-refractivity contribution < 1.29 is 19.2 Å². The zero-order valence-electron chi connectivity index (χ0n) is 9.88. The summed E-state index contributed by atoms with van der Waals surface area (Å²) in [7, 11) is 0. The summed E-state index contributed by atoms with van der Waals surface area (Å²) in [5.74, 6) is -1.92. The van der Waals surface area contributed by atoms with Gasteiger partial charge < -0.3 is 0 Å². The molecule has 1 aromatic rings. The number of carbonyl (C=O) groups is 4. The third-order valence-electron chi connectivity index (χ3n) is 3.35. The first kappa shape index (κ1) is 11.6. The van der Waals surface area contributed by atoms with Crippen LogP contribution in [0.3, 0.4) is 0 Å². The highest BCUT2D eigenvalue weighted by Crippen LogP contribution is 2.26. The first-order chi connectivity index (χ1) is 9.09. The van der Waals surface area contributed by atoms with Crippen LogP contribution in [0.1, 0.15) is 33.6 Å². The van der Waals surface area contributed by atoms with E-state index in [1.54, 1.807) is 24.3 Å². The highest BCUT2D eigenvalue weighted by atomic mass is 16.3. The number of nitrogens with one attached hydrogen (secondary N) is 1. The first-order valence-corrected chi connectivity index (χ1v) is 5.90.